The summed E-state index contributed by atoms with van der Waals surface area (Å²) in [5.74, 6) is -0.268. The second-order valence-electron chi connectivity index (χ2n) is 6.21. The molecule has 0 atom stereocenters. The summed E-state index contributed by atoms with van der Waals surface area (Å²) in [6.07, 6.45) is 0. The predicted octanol–water partition coefficient (Wildman–Crippen LogP) is 3.13. The first-order chi connectivity index (χ1) is 12.0. The van der Waals surface area contributed by atoms with Crippen molar-refractivity contribution >= 4 is 22.4 Å². The molecule has 1 heterocycles. The first-order valence-electron chi connectivity index (χ1n) is 8.00. The molecule has 0 aliphatic heterocycles. The lowest BCUT2D eigenvalue weighted by atomic mass is 10.1. The zero-order valence-electron chi connectivity index (χ0n) is 14.5. The monoisotopic (exact) mass is 336 g/mol. The van der Waals surface area contributed by atoms with Crippen LogP contribution < -0.4 is 10.5 Å². The number of hydrogen-bond acceptors (Lipinski definition) is 4. The molecule has 0 saturated heterocycles. The summed E-state index contributed by atoms with van der Waals surface area (Å²) in [6, 6.07) is 16.7. The summed E-state index contributed by atoms with van der Waals surface area (Å²) in [5, 5.41) is 1.17. The van der Waals surface area contributed by atoms with Crippen LogP contribution in [0, 0.1) is 0 Å². The number of carbonyl (C=O) groups is 1. The van der Waals surface area contributed by atoms with E-state index in [1.807, 2.05) is 49.3 Å². The molecule has 3 aromatic rings. The molecule has 0 N–H and O–H groups in total. The van der Waals surface area contributed by atoms with Crippen molar-refractivity contribution in [2.24, 2.45) is 0 Å². The summed E-state index contributed by atoms with van der Waals surface area (Å²) in [5.41, 5.74) is 1.60. The highest BCUT2D eigenvalue weighted by atomic mass is 16.4. The van der Waals surface area contributed by atoms with Crippen LogP contribution in [0.15, 0.2) is 63.8 Å². The lowest BCUT2D eigenvalue weighted by molar-refractivity contribution is 0.0749. The van der Waals surface area contributed by atoms with Crippen molar-refractivity contribution in [2.45, 2.75) is 6.54 Å². The summed E-state index contributed by atoms with van der Waals surface area (Å²) in [7, 11) is 5.65. The number of nitrogens with zero attached hydrogens (tertiary/aromatic N) is 2. The number of fused-ring (bicyclic) bond motifs is 1. The van der Waals surface area contributed by atoms with Gasteiger partial charge in [0.05, 0.1) is 5.39 Å². The van der Waals surface area contributed by atoms with E-state index in [9.17, 15) is 9.59 Å². The number of carbonyl (C=O) groups excluding carboxylic acids is 1. The van der Waals surface area contributed by atoms with E-state index in [1.165, 1.54) is 4.90 Å². The second-order valence-corrected chi connectivity index (χ2v) is 6.21. The van der Waals surface area contributed by atoms with Crippen LogP contribution >= 0.6 is 0 Å². The molecule has 0 unspecified atom stereocenters. The van der Waals surface area contributed by atoms with Crippen molar-refractivity contribution < 1.29 is 9.21 Å². The quantitative estimate of drug-likeness (QED) is 0.734. The average Bonchev–Trinajstić information content (AvgIpc) is 2.61. The van der Waals surface area contributed by atoms with E-state index in [2.05, 4.69) is 0 Å². The summed E-state index contributed by atoms with van der Waals surface area (Å²) < 4.78 is 5.21. The molecule has 2 aromatic carbocycles. The van der Waals surface area contributed by atoms with Crippen LogP contribution in [0.3, 0.4) is 0 Å². The number of amides is 1. The molecule has 5 heteroatoms. The minimum Gasteiger partial charge on any atom is -0.417 e. The van der Waals surface area contributed by atoms with Crippen molar-refractivity contribution in [3.8, 4) is 0 Å². The van der Waals surface area contributed by atoms with Crippen LogP contribution in [-0.4, -0.2) is 32.0 Å². The van der Waals surface area contributed by atoms with Gasteiger partial charge in [-0.25, -0.2) is 4.79 Å². The van der Waals surface area contributed by atoms with E-state index in [4.69, 9.17) is 4.42 Å². The normalized spacial score (nSPS) is 10.7. The molecular formula is C20H20N2O3. The molecule has 3 rings (SSSR count). The Labute approximate surface area is 146 Å². The number of benzene rings is 2. The maximum Gasteiger partial charge on any atom is 0.344 e. The van der Waals surface area contributed by atoms with Gasteiger partial charge < -0.3 is 14.2 Å². The van der Waals surface area contributed by atoms with Gasteiger partial charge in [0.25, 0.3) is 5.91 Å². The van der Waals surface area contributed by atoms with Gasteiger partial charge in [0.1, 0.15) is 0 Å². The standard InChI is InChI=1S/C20H20N2O3/c1-21(2)16-10-8-14(9-11-16)13-22(3)19(23)18-12-15-6-4-5-7-17(15)20(24)25-18/h4-12H,13H2,1-3H3. The van der Waals surface area contributed by atoms with Gasteiger partial charge in [-0.15, -0.1) is 0 Å². The van der Waals surface area contributed by atoms with E-state index in [-0.39, 0.29) is 11.7 Å². The van der Waals surface area contributed by atoms with Crippen molar-refractivity contribution in [2.75, 3.05) is 26.0 Å². The molecule has 128 valence electrons. The van der Waals surface area contributed by atoms with Gasteiger partial charge in [0.15, 0.2) is 5.76 Å². The first kappa shape index (κ1) is 16.8. The van der Waals surface area contributed by atoms with Crippen LogP contribution in [0.1, 0.15) is 16.1 Å². The second kappa shape index (κ2) is 6.81. The topological polar surface area (TPSA) is 53.8 Å². The van der Waals surface area contributed by atoms with E-state index in [0.29, 0.717) is 17.3 Å². The molecular weight excluding hydrogens is 316 g/mol. The summed E-state index contributed by atoms with van der Waals surface area (Å²) in [6.45, 7) is 0.434. The smallest absolute Gasteiger partial charge is 0.344 e. The highest BCUT2D eigenvalue weighted by molar-refractivity contribution is 5.95. The van der Waals surface area contributed by atoms with Crippen LogP contribution in [0.2, 0.25) is 0 Å². The van der Waals surface area contributed by atoms with Crippen LogP contribution in [-0.2, 0) is 6.54 Å². The zero-order valence-corrected chi connectivity index (χ0v) is 14.5. The highest BCUT2D eigenvalue weighted by Gasteiger charge is 2.16. The Kier molecular flexibility index (Phi) is 4.57. The van der Waals surface area contributed by atoms with Crippen LogP contribution in [0.4, 0.5) is 5.69 Å². The molecule has 0 fully saturated rings. The third kappa shape index (κ3) is 3.55. The summed E-state index contributed by atoms with van der Waals surface area (Å²) >= 11 is 0. The molecule has 0 spiro atoms. The Bertz CT molecular complexity index is 959. The minimum atomic E-state index is -0.495. The lowest BCUT2D eigenvalue weighted by Crippen LogP contribution is -2.27. The first-order valence-corrected chi connectivity index (χ1v) is 8.00. The SMILES string of the molecule is CN(Cc1ccc(N(C)C)cc1)C(=O)c1cc2ccccc2c(=O)o1. The summed E-state index contributed by atoms with van der Waals surface area (Å²) in [4.78, 5) is 28.2. The van der Waals surface area contributed by atoms with Gasteiger partial charge in [-0.05, 0) is 35.2 Å². The Morgan fingerprint density at radius 3 is 2.36 bits per heavy atom. The van der Waals surface area contributed by atoms with E-state index < -0.39 is 5.63 Å². The van der Waals surface area contributed by atoms with Crippen LogP contribution in [0.5, 0.6) is 0 Å². The molecule has 5 nitrogen and oxygen atoms in total. The Morgan fingerprint density at radius 1 is 1.00 bits per heavy atom. The minimum absolute atomic E-state index is 0.0520. The Hall–Kier alpha value is -3.08. The predicted molar refractivity (Wildman–Crippen MR) is 99.1 cm³/mol. The molecule has 0 aliphatic rings. The van der Waals surface area contributed by atoms with Gasteiger partial charge in [-0.1, -0.05) is 30.3 Å². The fraction of sp³-hybridized carbons (Fsp3) is 0.200. The number of hydrogen-bond donors (Lipinski definition) is 0. The highest BCUT2D eigenvalue weighted by Crippen LogP contribution is 2.16. The largest absolute Gasteiger partial charge is 0.417 e. The molecule has 1 amide bonds. The molecule has 0 aliphatic carbocycles. The molecule has 0 radical (unpaired) electrons. The van der Waals surface area contributed by atoms with Crippen molar-refractivity contribution in [3.05, 3.63) is 76.3 Å². The Balaban J connectivity index is 1.81. The fourth-order valence-electron chi connectivity index (χ4n) is 2.67. The zero-order chi connectivity index (χ0) is 18.0. The lowest BCUT2D eigenvalue weighted by Gasteiger charge is -2.18. The maximum absolute atomic E-state index is 12.6. The van der Waals surface area contributed by atoms with Crippen molar-refractivity contribution in [1.82, 2.24) is 4.90 Å². The van der Waals surface area contributed by atoms with Crippen molar-refractivity contribution in [1.29, 1.82) is 0 Å². The van der Waals surface area contributed by atoms with E-state index in [0.717, 1.165) is 11.3 Å². The molecule has 0 bridgehead atoms. The molecule has 1 aromatic heterocycles. The molecule has 0 saturated carbocycles. The Morgan fingerprint density at radius 2 is 1.68 bits per heavy atom. The van der Waals surface area contributed by atoms with Gasteiger partial charge in [0, 0.05) is 33.4 Å². The average molecular weight is 336 g/mol. The van der Waals surface area contributed by atoms with Gasteiger partial charge >= 0.3 is 5.63 Å². The fourth-order valence-corrected chi connectivity index (χ4v) is 2.67. The number of anilines is 1. The van der Waals surface area contributed by atoms with Crippen LogP contribution in [0.25, 0.3) is 10.8 Å². The maximum atomic E-state index is 12.6. The third-order valence-electron chi connectivity index (χ3n) is 4.10. The number of rotatable bonds is 4. The van der Waals surface area contributed by atoms with Gasteiger partial charge in [-0.2, -0.15) is 0 Å². The van der Waals surface area contributed by atoms with Gasteiger partial charge in [-0.3, -0.25) is 4.79 Å². The van der Waals surface area contributed by atoms with E-state index in [1.54, 1.807) is 31.3 Å². The molecule has 25 heavy (non-hydrogen) atoms. The van der Waals surface area contributed by atoms with Gasteiger partial charge in [0.2, 0.25) is 0 Å². The van der Waals surface area contributed by atoms with E-state index >= 15 is 0 Å². The third-order valence-corrected chi connectivity index (χ3v) is 4.10. The van der Waals surface area contributed by atoms with Crippen molar-refractivity contribution in [3.63, 3.8) is 0 Å².